The fourth-order valence-electron chi connectivity index (χ4n) is 3.89. The van der Waals surface area contributed by atoms with Gasteiger partial charge in [0.15, 0.2) is 0 Å². The molecule has 1 aromatic rings. The lowest BCUT2D eigenvalue weighted by Gasteiger charge is -2.43. The van der Waals surface area contributed by atoms with Crippen LogP contribution in [0.4, 0.5) is 0 Å². The van der Waals surface area contributed by atoms with E-state index >= 15 is 0 Å². The highest BCUT2D eigenvalue weighted by molar-refractivity contribution is 5.85. The molecule has 0 spiro atoms. The van der Waals surface area contributed by atoms with Gasteiger partial charge >= 0.3 is 0 Å². The highest BCUT2D eigenvalue weighted by atomic mass is 35.5. The number of benzene rings is 1. The average Bonchev–Trinajstić information content (AvgIpc) is 2.91. The van der Waals surface area contributed by atoms with Crippen LogP contribution in [0.5, 0.6) is 5.75 Å². The van der Waals surface area contributed by atoms with Crippen LogP contribution in [0.15, 0.2) is 18.2 Å². The van der Waals surface area contributed by atoms with E-state index in [0.29, 0.717) is 6.04 Å². The Labute approximate surface area is 145 Å². The molecule has 124 valence electrons. The van der Waals surface area contributed by atoms with Gasteiger partial charge in [-0.15, -0.1) is 24.8 Å². The van der Waals surface area contributed by atoms with Gasteiger partial charge in [0.05, 0.1) is 6.61 Å². The van der Waals surface area contributed by atoms with Crippen LogP contribution in [0, 0.1) is 5.92 Å². The molecule has 5 heteroatoms. The van der Waals surface area contributed by atoms with Crippen LogP contribution in [0.25, 0.3) is 0 Å². The van der Waals surface area contributed by atoms with Crippen molar-refractivity contribution in [1.29, 1.82) is 0 Å². The molecule has 22 heavy (non-hydrogen) atoms. The lowest BCUT2D eigenvalue weighted by molar-refractivity contribution is 0.0837. The SMILES string of the molecule is Cl.Cl.c1cc2c(cc1[C@H](C1CCC1)N1CCNCC1)CCO2. The van der Waals surface area contributed by atoms with Gasteiger partial charge in [-0.1, -0.05) is 18.6 Å². The van der Waals surface area contributed by atoms with E-state index in [4.69, 9.17) is 4.74 Å². The van der Waals surface area contributed by atoms with E-state index in [1.165, 1.54) is 43.5 Å². The summed E-state index contributed by atoms with van der Waals surface area (Å²) in [6, 6.07) is 7.57. The van der Waals surface area contributed by atoms with Crippen molar-refractivity contribution in [3.05, 3.63) is 29.3 Å². The summed E-state index contributed by atoms with van der Waals surface area (Å²) in [7, 11) is 0. The van der Waals surface area contributed by atoms with Crippen molar-refractivity contribution < 1.29 is 4.74 Å². The first-order valence-corrected chi connectivity index (χ1v) is 8.12. The monoisotopic (exact) mass is 344 g/mol. The van der Waals surface area contributed by atoms with E-state index in [-0.39, 0.29) is 24.8 Å². The first kappa shape index (κ1) is 17.9. The summed E-state index contributed by atoms with van der Waals surface area (Å²) < 4.78 is 5.66. The van der Waals surface area contributed by atoms with E-state index in [2.05, 4.69) is 28.4 Å². The third kappa shape index (κ3) is 3.38. The van der Waals surface area contributed by atoms with E-state index < -0.39 is 0 Å². The highest BCUT2D eigenvalue weighted by Gasteiger charge is 2.34. The van der Waals surface area contributed by atoms with Crippen LogP contribution in [0.2, 0.25) is 0 Å². The van der Waals surface area contributed by atoms with Gasteiger partial charge in [0.25, 0.3) is 0 Å². The van der Waals surface area contributed by atoms with Crippen LogP contribution >= 0.6 is 24.8 Å². The van der Waals surface area contributed by atoms with E-state index in [1.54, 1.807) is 0 Å². The molecule has 2 heterocycles. The largest absolute Gasteiger partial charge is 0.493 e. The minimum Gasteiger partial charge on any atom is -0.493 e. The quantitative estimate of drug-likeness (QED) is 0.911. The summed E-state index contributed by atoms with van der Waals surface area (Å²) in [5.41, 5.74) is 2.95. The molecule has 0 aromatic heterocycles. The molecule has 2 aliphatic heterocycles. The topological polar surface area (TPSA) is 24.5 Å². The van der Waals surface area contributed by atoms with E-state index in [0.717, 1.165) is 37.8 Å². The van der Waals surface area contributed by atoms with Gasteiger partial charge in [0.1, 0.15) is 5.75 Å². The van der Waals surface area contributed by atoms with Gasteiger partial charge in [-0.2, -0.15) is 0 Å². The second kappa shape index (κ2) is 7.87. The molecule has 1 aromatic carbocycles. The van der Waals surface area contributed by atoms with Crippen LogP contribution < -0.4 is 10.1 Å². The zero-order chi connectivity index (χ0) is 13.4. The molecule has 3 aliphatic rings. The van der Waals surface area contributed by atoms with Gasteiger partial charge in [-0.3, -0.25) is 4.90 Å². The number of hydrogen-bond donors (Lipinski definition) is 1. The summed E-state index contributed by atoms with van der Waals surface area (Å²) in [6.45, 7) is 5.51. The number of ether oxygens (including phenoxy) is 1. The average molecular weight is 345 g/mol. The first-order valence-electron chi connectivity index (χ1n) is 8.12. The van der Waals surface area contributed by atoms with Crippen molar-refractivity contribution in [3.8, 4) is 5.75 Å². The summed E-state index contributed by atoms with van der Waals surface area (Å²) in [6.07, 6.45) is 5.31. The molecule has 1 aliphatic carbocycles. The zero-order valence-electron chi connectivity index (χ0n) is 12.9. The number of rotatable bonds is 3. The molecular weight excluding hydrogens is 319 g/mol. The van der Waals surface area contributed by atoms with Gasteiger partial charge in [0.2, 0.25) is 0 Å². The molecule has 3 nitrogen and oxygen atoms in total. The van der Waals surface area contributed by atoms with Crippen LogP contribution in [-0.2, 0) is 6.42 Å². The zero-order valence-corrected chi connectivity index (χ0v) is 14.6. The second-order valence-electron chi connectivity index (χ2n) is 6.39. The molecule has 0 amide bonds. The molecule has 2 fully saturated rings. The van der Waals surface area contributed by atoms with Crippen LogP contribution in [-0.4, -0.2) is 37.7 Å². The van der Waals surface area contributed by atoms with Gasteiger partial charge < -0.3 is 10.1 Å². The van der Waals surface area contributed by atoms with Crippen molar-refractivity contribution in [2.24, 2.45) is 5.92 Å². The molecular formula is C17H26Cl2N2O. The Hall–Kier alpha value is -0.480. The van der Waals surface area contributed by atoms with E-state index in [9.17, 15) is 0 Å². The third-order valence-corrected chi connectivity index (χ3v) is 5.20. The minimum absolute atomic E-state index is 0. The molecule has 1 atom stereocenters. The van der Waals surface area contributed by atoms with Gasteiger partial charge in [-0.25, -0.2) is 0 Å². The van der Waals surface area contributed by atoms with Crippen molar-refractivity contribution in [2.75, 3.05) is 32.8 Å². The Morgan fingerprint density at radius 3 is 2.59 bits per heavy atom. The number of nitrogens with zero attached hydrogens (tertiary/aromatic N) is 1. The molecule has 1 saturated heterocycles. The van der Waals surface area contributed by atoms with E-state index in [1.807, 2.05) is 0 Å². The Morgan fingerprint density at radius 2 is 1.91 bits per heavy atom. The summed E-state index contributed by atoms with van der Waals surface area (Å²) in [5, 5.41) is 3.48. The molecule has 0 unspecified atom stereocenters. The predicted molar refractivity (Wildman–Crippen MR) is 94.7 cm³/mol. The highest BCUT2D eigenvalue weighted by Crippen LogP contribution is 2.42. The summed E-state index contributed by atoms with van der Waals surface area (Å²) in [4.78, 5) is 2.71. The smallest absolute Gasteiger partial charge is 0.122 e. The first-order chi connectivity index (χ1) is 9.92. The maximum absolute atomic E-state index is 5.66. The Balaban J connectivity index is 0.000000882. The molecule has 1 N–H and O–H groups in total. The van der Waals surface area contributed by atoms with Crippen molar-refractivity contribution in [2.45, 2.75) is 31.7 Å². The standard InChI is InChI=1S/C17H24N2O.2ClH/c1-2-13(3-1)17(19-9-7-18-8-10-19)15-4-5-16-14(12-15)6-11-20-16;;/h4-5,12-13,17-18H,1-3,6-11H2;2*1H/t17-;;/m0../s1. The maximum atomic E-state index is 5.66. The number of piperazine rings is 1. The molecule has 0 bridgehead atoms. The van der Waals surface area contributed by atoms with Crippen LogP contribution in [0.3, 0.4) is 0 Å². The van der Waals surface area contributed by atoms with Gasteiger partial charge in [-0.05, 0) is 36.0 Å². The minimum atomic E-state index is 0. The normalized spacial score (nSPS) is 22.5. The summed E-state index contributed by atoms with van der Waals surface area (Å²) in [5.74, 6) is 1.98. The summed E-state index contributed by atoms with van der Waals surface area (Å²) >= 11 is 0. The number of halogens is 2. The van der Waals surface area contributed by atoms with Crippen molar-refractivity contribution in [1.82, 2.24) is 10.2 Å². The number of fused-ring (bicyclic) bond motifs is 1. The lowest BCUT2D eigenvalue weighted by Crippen LogP contribution is -2.47. The van der Waals surface area contributed by atoms with Crippen molar-refractivity contribution in [3.63, 3.8) is 0 Å². The lowest BCUT2D eigenvalue weighted by atomic mass is 9.76. The second-order valence-corrected chi connectivity index (χ2v) is 6.39. The fourth-order valence-corrected chi connectivity index (χ4v) is 3.89. The number of hydrogen-bond acceptors (Lipinski definition) is 3. The Bertz CT molecular complexity index is 488. The third-order valence-electron chi connectivity index (χ3n) is 5.20. The maximum Gasteiger partial charge on any atom is 0.122 e. The predicted octanol–water partition coefficient (Wildman–Crippen LogP) is 3.21. The van der Waals surface area contributed by atoms with Crippen LogP contribution in [0.1, 0.15) is 36.4 Å². The molecule has 0 radical (unpaired) electrons. The molecule has 4 rings (SSSR count). The Kier molecular flexibility index (Phi) is 6.39. The molecule has 1 saturated carbocycles. The Morgan fingerprint density at radius 1 is 1.14 bits per heavy atom. The van der Waals surface area contributed by atoms with Gasteiger partial charge in [0, 0.05) is 38.6 Å². The fraction of sp³-hybridized carbons (Fsp3) is 0.647. The van der Waals surface area contributed by atoms with Crippen molar-refractivity contribution >= 4 is 24.8 Å². The number of nitrogens with one attached hydrogen (secondary N) is 1.